The maximum atomic E-state index is 12.4. The van der Waals surface area contributed by atoms with Crippen LogP contribution in [0.25, 0.3) is 0 Å². The molecule has 1 atom stereocenters. The number of hydrogen-bond donors (Lipinski definition) is 2. The van der Waals surface area contributed by atoms with E-state index in [-0.39, 0.29) is 11.3 Å². The lowest BCUT2D eigenvalue weighted by Gasteiger charge is -2.26. The number of nitrogens with one attached hydrogen (secondary N) is 2. The first-order valence-electron chi connectivity index (χ1n) is 7.80. The quantitative estimate of drug-likeness (QED) is 0.750. The van der Waals surface area contributed by atoms with Gasteiger partial charge in [0, 0.05) is 13.1 Å². The largest absolute Gasteiger partial charge is 0.356 e. The average Bonchev–Trinajstić information content (AvgIpc) is 2.95. The van der Waals surface area contributed by atoms with Gasteiger partial charge in [-0.05, 0) is 37.8 Å². The summed E-state index contributed by atoms with van der Waals surface area (Å²) in [5.41, 5.74) is 1.19. The van der Waals surface area contributed by atoms with Gasteiger partial charge in [0.25, 0.3) is 0 Å². The molecule has 1 aromatic rings. The normalized spacial score (nSPS) is 21.9. The minimum absolute atomic E-state index is 0.151. The monoisotopic (exact) mass is 274 g/mol. The zero-order valence-corrected chi connectivity index (χ0v) is 12.5. The Morgan fingerprint density at radius 2 is 2.15 bits per heavy atom. The van der Waals surface area contributed by atoms with E-state index in [1.807, 2.05) is 6.07 Å². The summed E-state index contributed by atoms with van der Waals surface area (Å²) >= 11 is 0. The summed E-state index contributed by atoms with van der Waals surface area (Å²) in [6.07, 6.45) is 5.07. The van der Waals surface area contributed by atoms with Gasteiger partial charge in [0.15, 0.2) is 0 Å². The standard InChI is InChI=1S/C17H26N2O/c1-2-10-17(11-13-18-14-17)16(20)19-12-6-9-15-7-4-3-5-8-15/h3-5,7-8,18H,2,6,9-14H2,1H3,(H,19,20). The van der Waals surface area contributed by atoms with E-state index in [1.165, 1.54) is 5.56 Å². The number of benzene rings is 1. The Morgan fingerprint density at radius 1 is 1.35 bits per heavy atom. The maximum absolute atomic E-state index is 12.4. The van der Waals surface area contributed by atoms with Crippen LogP contribution in [0, 0.1) is 5.41 Å². The average molecular weight is 274 g/mol. The van der Waals surface area contributed by atoms with Crippen molar-refractivity contribution in [1.29, 1.82) is 0 Å². The topological polar surface area (TPSA) is 41.1 Å². The Morgan fingerprint density at radius 3 is 2.80 bits per heavy atom. The second-order valence-electron chi connectivity index (χ2n) is 5.80. The van der Waals surface area contributed by atoms with Gasteiger partial charge < -0.3 is 10.6 Å². The smallest absolute Gasteiger partial charge is 0.227 e. The first-order chi connectivity index (χ1) is 9.77. The molecule has 3 heteroatoms. The van der Waals surface area contributed by atoms with Gasteiger partial charge in [-0.1, -0.05) is 43.7 Å². The first-order valence-corrected chi connectivity index (χ1v) is 7.80. The van der Waals surface area contributed by atoms with Crippen LogP contribution in [0.15, 0.2) is 30.3 Å². The number of rotatable bonds is 7. The molecule has 3 nitrogen and oxygen atoms in total. The van der Waals surface area contributed by atoms with Crippen LogP contribution in [0.5, 0.6) is 0 Å². The van der Waals surface area contributed by atoms with Gasteiger partial charge in [-0.3, -0.25) is 4.79 Å². The van der Waals surface area contributed by atoms with Crippen LogP contribution in [-0.2, 0) is 11.2 Å². The number of amides is 1. The van der Waals surface area contributed by atoms with Gasteiger partial charge in [0.2, 0.25) is 5.91 Å². The molecule has 0 bridgehead atoms. The van der Waals surface area contributed by atoms with Gasteiger partial charge in [-0.25, -0.2) is 0 Å². The summed E-state index contributed by atoms with van der Waals surface area (Å²) in [4.78, 5) is 12.4. The van der Waals surface area contributed by atoms with Crippen molar-refractivity contribution in [1.82, 2.24) is 10.6 Å². The van der Waals surface area contributed by atoms with Crippen molar-refractivity contribution in [2.24, 2.45) is 5.41 Å². The molecule has 110 valence electrons. The van der Waals surface area contributed by atoms with Gasteiger partial charge in [-0.15, -0.1) is 0 Å². The Kier molecular flexibility index (Phi) is 5.60. The maximum Gasteiger partial charge on any atom is 0.227 e. The summed E-state index contributed by atoms with van der Waals surface area (Å²) in [6.45, 7) is 4.74. The highest BCUT2D eigenvalue weighted by Gasteiger charge is 2.39. The third-order valence-corrected chi connectivity index (χ3v) is 4.22. The molecule has 2 N–H and O–H groups in total. The fraction of sp³-hybridized carbons (Fsp3) is 0.588. The van der Waals surface area contributed by atoms with E-state index in [0.717, 1.165) is 51.7 Å². The van der Waals surface area contributed by atoms with Crippen molar-refractivity contribution in [2.75, 3.05) is 19.6 Å². The van der Waals surface area contributed by atoms with Gasteiger partial charge in [0.1, 0.15) is 0 Å². The van der Waals surface area contributed by atoms with Crippen molar-refractivity contribution in [3.05, 3.63) is 35.9 Å². The summed E-state index contributed by atoms with van der Waals surface area (Å²) in [7, 11) is 0. The predicted octanol–water partition coefficient (Wildman–Crippen LogP) is 2.52. The SMILES string of the molecule is CCCC1(C(=O)NCCCc2ccccc2)CCNC1. The van der Waals surface area contributed by atoms with Crippen LogP contribution in [0.3, 0.4) is 0 Å². The highest BCUT2D eigenvalue weighted by atomic mass is 16.2. The molecule has 1 fully saturated rings. The molecule has 20 heavy (non-hydrogen) atoms. The molecular weight excluding hydrogens is 248 g/mol. The van der Waals surface area contributed by atoms with E-state index < -0.39 is 0 Å². The number of hydrogen-bond acceptors (Lipinski definition) is 2. The molecule has 1 unspecified atom stereocenters. The number of carbonyl (C=O) groups excluding carboxylic acids is 1. The molecule has 1 aliphatic heterocycles. The molecule has 1 saturated heterocycles. The van der Waals surface area contributed by atoms with Crippen LogP contribution >= 0.6 is 0 Å². The van der Waals surface area contributed by atoms with E-state index >= 15 is 0 Å². The molecule has 0 aliphatic carbocycles. The molecule has 1 heterocycles. The van der Waals surface area contributed by atoms with E-state index in [2.05, 4.69) is 41.8 Å². The Bertz CT molecular complexity index is 410. The molecule has 0 spiro atoms. The molecule has 1 aromatic carbocycles. The fourth-order valence-electron chi connectivity index (χ4n) is 3.07. The first kappa shape index (κ1) is 15.0. The van der Waals surface area contributed by atoms with Gasteiger partial charge >= 0.3 is 0 Å². The van der Waals surface area contributed by atoms with Crippen LogP contribution in [0.1, 0.15) is 38.2 Å². The van der Waals surface area contributed by atoms with Crippen molar-refractivity contribution < 1.29 is 4.79 Å². The molecule has 0 radical (unpaired) electrons. The second-order valence-corrected chi connectivity index (χ2v) is 5.80. The second kappa shape index (κ2) is 7.44. The molecule has 2 rings (SSSR count). The predicted molar refractivity (Wildman–Crippen MR) is 82.6 cm³/mol. The molecule has 0 aromatic heterocycles. The third-order valence-electron chi connectivity index (χ3n) is 4.22. The van der Waals surface area contributed by atoms with Crippen molar-refractivity contribution in [3.63, 3.8) is 0 Å². The zero-order valence-electron chi connectivity index (χ0n) is 12.5. The Hall–Kier alpha value is -1.35. The molecule has 1 aliphatic rings. The van der Waals surface area contributed by atoms with Crippen LogP contribution in [-0.4, -0.2) is 25.5 Å². The van der Waals surface area contributed by atoms with E-state index in [0.29, 0.717) is 0 Å². The number of carbonyl (C=O) groups is 1. The van der Waals surface area contributed by atoms with Crippen molar-refractivity contribution in [3.8, 4) is 0 Å². The highest BCUT2D eigenvalue weighted by Crippen LogP contribution is 2.31. The summed E-state index contributed by atoms with van der Waals surface area (Å²) < 4.78 is 0. The van der Waals surface area contributed by atoms with Crippen molar-refractivity contribution >= 4 is 5.91 Å². The Labute approximate surface area is 122 Å². The minimum Gasteiger partial charge on any atom is -0.356 e. The van der Waals surface area contributed by atoms with Crippen LogP contribution in [0.2, 0.25) is 0 Å². The lowest BCUT2D eigenvalue weighted by molar-refractivity contribution is -0.130. The van der Waals surface area contributed by atoms with Crippen molar-refractivity contribution in [2.45, 2.75) is 39.0 Å². The van der Waals surface area contributed by atoms with Gasteiger partial charge in [-0.2, -0.15) is 0 Å². The van der Waals surface area contributed by atoms with Crippen LogP contribution in [0.4, 0.5) is 0 Å². The Balaban J connectivity index is 1.74. The highest BCUT2D eigenvalue weighted by molar-refractivity contribution is 5.83. The summed E-state index contributed by atoms with van der Waals surface area (Å²) in [5, 5.41) is 6.48. The van der Waals surface area contributed by atoms with E-state index in [9.17, 15) is 4.79 Å². The summed E-state index contributed by atoms with van der Waals surface area (Å²) in [5.74, 6) is 0.248. The van der Waals surface area contributed by atoms with Crippen LogP contribution < -0.4 is 10.6 Å². The van der Waals surface area contributed by atoms with Gasteiger partial charge in [0.05, 0.1) is 5.41 Å². The molecular formula is C17H26N2O. The lowest BCUT2D eigenvalue weighted by Crippen LogP contribution is -2.42. The summed E-state index contributed by atoms with van der Waals surface area (Å²) in [6, 6.07) is 10.4. The fourth-order valence-corrected chi connectivity index (χ4v) is 3.07. The zero-order chi connectivity index (χ0) is 14.3. The van der Waals surface area contributed by atoms with E-state index in [1.54, 1.807) is 0 Å². The molecule has 0 saturated carbocycles. The lowest BCUT2D eigenvalue weighted by atomic mass is 9.81. The van der Waals surface area contributed by atoms with E-state index in [4.69, 9.17) is 0 Å². The minimum atomic E-state index is -0.151. The third kappa shape index (κ3) is 3.83. The number of aryl methyl sites for hydroxylation is 1. The molecule has 1 amide bonds.